The second kappa shape index (κ2) is 13.6. The highest BCUT2D eigenvalue weighted by atomic mass is 16.3. The molecular formula is C57H34N4O. The summed E-state index contributed by atoms with van der Waals surface area (Å²) in [6.07, 6.45) is 0. The van der Waals surface area contributed by atoms with Crippen molar-refractivity contribution in [2.24, 2.45) is 0 Å². The van der Waals surface area contributed by atoms with Gasteiger partial charge in [-0.1, -0.05) is 164 Å². The standard InChI is InChI=1S/C57H34N4O/c1-2-14-35(15-3-1)36-26-28-37(29-27-36)55-58-56(60-57(59-55)48-33-40-18-6-7-19-41(40)42-20-8-9-21-43(42)48)46-30-31-50(53-45-23-11-13-25-52(45)62-54(46)53)61-49-24-12-10-22-44(49)47-32-38-16-4-5-17-39(38)34-51(47)61/h1-34H. The zero-order valence-corrected chi connectivity index (χ0v) is 33.3. The van der Waals surface area contributed by atoms with E-state index in [1.165, 1.54) is 26.9 Å². The first-order chi connectivity index (χ1) is 30.7. The number of benzene rings is 10. The number of furan rings is 1. The zero-order chi connectivity index (χ0) is 40.7. The van der Waals surface area contributed by atoms with Crippen molar-refractivity contribution >= 4 is 76.1 Å². The second-order valence-corrected chi connectivity index (χ2v) is 15.9. The molecule has 0 N–H and O–H groups in total. The van der Waals surface area contributed by atoms with Crippen LogP contribution in [0, 0.1) is 0 Å². The van der Waals surface area contributed by atoms with Crippen LogP contribution < -0.4 is 0 Å². The van der Waals surface area contributed by atoms with Crippen molar-refractivity contribution in [1.29, 1.82) is 0 Å². The summed E-state index contributed by atoms with van der Waals surface area (Å²) in [5.74, 6) is 1.73. The summed E-state index contributed by atoms with van der Waals surface area (Å²) in [6, 6.07) is 72.7. The Balaban J connectivity index is 1.09. The summed E-state index contributed by atoms with van der Waals surface area (Å²) in [5, 5.41) is 11.4. The van der Waals surface area contributed by atoms with Crippen LogP contribution >= 0.6 is 0 Å². The van der Waals surface area contributed by atoms with E-state index in [0.29, 0.717) is 17.5 Å². The molecule has 0 aliphatic heterocycles. The third-order valence-corrected chi connectivity index (χ3v) is 12.4. The quantitative estimate of drug-likeness (QED) is 0.163. The van der Waals surface area contributed by atoms with Crippen molar-refractivity contribution in [1.82, 2.24) is 19.5 Å². The molecule has 5 nitrogen and oxygen atoms in total. The zero-order valence-electron chi connectivity index (χ0n) is 33.3. The van der Waals surface area contributed by atoms with Gasteiger partial charge in [0.15, 0.2) is 17.5 Å². The Kier molecular flexibility index (Phi) is 7.54. The molecule has 288 valence electrons. The number of nitrogens with zero attached hydrogens (tertiary/aromatic N) is 4. The molecule has 0 fully saturated rings. The van der Waals surface area contributed by atoms with Crippen LogP contribution in [0.2, 0.25) is 0 Å². The third kappa shape index (κ3) is 5.32. The minimum atomic E-state index is 0.540. The van der Waals surface area contributed by atoms with Crippen LogP contribution in [0.4, 0.5) is 0 Å². The summed E-state index contributed by atoms with van der Waals surface area (Å²) in [7, 11) is 0. The maximum absolute atomic E-state index is 6.94. The smallest absolute Gasteiger partial charge is 0.167 e. The topological polar surface area (TPSA) is 56.7 Å². The molecule has 0 saturated carbocycles. The van der Waals surface area contributed by atoms with Crippen molar-refractivity contribution in [2.75, 3.05) is 0 Å². The highest BCUT2D eigenvalue weighted by Gasteiger charge is 2.24. The van der Waals surface area contributed by atoms with Gasteiger partial charge in [-0.2, -0.15) is 0 Å². The summed E-state index contributed by atoms with van der Waals surface area (Å²) in [4.78, 5) is 16.0. The Hall–Kier alpha value is -8.41. The second-order valence-electron chi connectivity index (χ2n) is 15.9. The first-order valence-electron chi connectivity index (χ1n) is 20.9. The summed E-state index contributed by atoms with van der Waals surface area (Å²) >= 11 is 0. The van der Waals surface area contributed by atoms with Crippen molar-refractivity contribution in [3.63, 3.8) is 0 Å². The lowest BCUT2D eigenvalue weighted by atomic mass is 9.96. The Morgan fingerprint density at radius 1 is 0.339 bits per heavy atom. The van der Waals surface area contributed by atoms with Gasteiger partial charge < -0.3 is 8.98 Å². The molecule has 0 atom stereocenters. The van der Waals surface area contributed by atoms with Crippen molar-refractivity contribution in [3.8, 4) is 51.0 Å². The fraction of sp³-hybridized carbons (Fsp3) is 0. The lowest BCUT2D eigenvalue weighted by Crippen LogP contribution is -2.02. The Morgan fingerprint density at radius 2 is 0.919 bits per heavy atom. The van der Waals surface area contributed by atoms with E-state index in [-0.39, 0.29) is 0 Å². The maximum atomic E-state index is 6.94. The number of para-hydroxylation sites is 2. The first-order valence-corrected chi connectivity index (χ1v) is 20.9. The molecule has 0 bridgehead atoms. The number of aromatic nitrogens is 4. The Bertz CT molecular complexity index is 3920. The number of hydrogen-bond acceptors (Lipinski definition) is 4. The first kappa shape index (κ1) is 34.5. The van der Waals surface area contributed by atoms with E-state index < -0.39 is 0 Å². The average molecular weight is 791 g/mol. The fourth-order valence-corrected chi connectivity index (χ4v) is 9.52. The van der Waals surface area contributed by atoms with E-state index in [2.05, 4.69) is 193 Å². The SMILES string of the molecule is c1ccc(-c2ccc(-c3nc(-c4cc5ccccc5c5ccccc45)nc(-c4ccc(-n5c6ccccc6c6cc7ccccc7cc65)c5c4oc4ccccc45)n3)cc2)cc1. The van der Waals surface area contributed by atoms with Gasteiger partial charge in [0.1, 0.15) is 11.2 Å². The molecule has 0 unspecified atom stereocenters. The van der Waals surface area contributed by atoms with Gasteiger partial charge in [-0.05, 0) is 85.9 Å². The van der Waals surface area contributed by atoms with Gasteiger partial charge in [0.2, 0.25) is 0 Å². The molecule has 5 heteroatoms. The van der Waals surface area contributed by atoms with E-state index in [9.17, 15) is 0 Å². The Morgan fingerprint density at radius 3 is 1.73 bits per heavy atom. The highest BCUT2D eigenvalue weighted by molar-refractivity contribution is 6.18. The van der Waals surface area contributed by atoms with E-state index in [0.717, 1.165) is 82.6 Å². The molecule has 13 rings (SSSR count). The van der Waals surface area contributed by atoms with Gasteiger partial charge in [-0.25, -0.2) is 15.0 Å². The molecule has 0 radical (unpaired) electrons. The van der Waals surface area contributed by atoms with Crippen LogP contribution in [-0.2, 0) is 0 Å². The summed E-state index contributed by atoms with van der Waals surface area (Å²) in [5.41, 5.74) is 9.73. The van der Waals surface area contributed by atoms with Crippen LogP contribution in [0.1, 0.15) is 0 Å². The number of fused-ring (bicyclic) bond motifs is 10. The van der Waals surface area contributed by atoms with Gasteiger partial charge in [-0.15, -0.1) is 0 Å². The van der Waals surface area contributed by atoms with Crippen LogP contribution in [0.3, 0.4) is 0 Å². The molecule has 3 aromatic heterocycles. The molecular weight excluding hydrogens is 757 g/mol. The molecule has 0 spiro atoms. The molecule has 0 amide bonds. The fourth-order valence-electron chi connectivity index (χ4n) is 9.52. The van der Waals surface area contributed by atoms with Crippen LogP contribution in [0.5, 0.6) is 0 Å². The molecule has 0 aliphatic rings. The predicted octanol–water partition coefficient (Wildman–Crippen LogP) is 15.0. The van der Waals surface area contributed by atoms with E-state index in [1.807, 2.05) is 18.2 Å². The lowest BCUT2D eigenvalue weighted by molar-refractivity contribution is 0.669. The maximum Gasteiger partial charge on any atom is 0.167 e. The lowest BCUT2D eigenvalue weighted by Gasteiger charge is -2.14. The van der Waals surface area contributed by atoms with Crippen LogP contribution in [0.15, 0.2) is 211 Å². The summed E-state index contributed by atoms with van der Waals surface area (Å²) < 4.78 is 9.33. The largest absolute Gasteiger partial charge is 0.455 e. The minimum Gasteiger partial charge on any atom is -0.455 e. The Labute approximate surface area is 355 Å². The monoisotopic (exact) mass is 790 g/mol. The van der Waals surface area contributed by atoms with Crippen molar-refractivity contribution in [3.05, 3.63) is 206 Å². The van der Waals surface area contributed by atoms with Gasteiger partial charge >= 0.3 is 0 Å². The normalized spacial score (nSPS) is 11.9. The van der Waals surface area contributed by atoms with Gasteiger partial charge in [0.25, 0.3) is 0 Å². The molecule has 0 saturated heterocycles. The summed E-state index contributed by atoms with van der Waals surface area (Å²) in [6.45, 7) is 0. The highest BCUT2D eigenvalue weighted by Crippen LogP contribution is 2.43. The van der Waals surface area contributed by atoms with Crippen molar-refractivity contribution in [2.45, 2.75) is 0 Å². The number of hydrogen-bond donors (Lipinski definition) is 0. The van der Waals surface area contributed by atoms with Crippen molar-refractivity contribution < 1.29 is 4.42 Å². The molecule has 3 heterocycles. The average Bonchev–Trinajstić information content (AvgIpc) is 3.89. The van der Waals surface area contributed by atoms with Crippen LogP contribution in [-0.4, -0.2) is 19.5 Å². The van der Waals surface area contributed by atoms with Gasteiger partial charge in [-0.3, -0.25) is 0 Å². The molecule has 0 aliphatic carbocycles. The minimum absolute atomic E-state index is 0.540. The van der Waals surface area contributed by atoms with E-state index in [4.69, 9.17) is 19.4 Å². The van der Waals surface area contributed by atoms with Gasteiger partial charge in [0, 0.05) is 27.3 Å². The van der Waals surface area contributed by atoms with Gasteiger partial charge in [0.05, 0.1) is 27.7 Å². The molecule has 10 aromatic carbocycles. The molecule has 62 heavy (non-hydrogen) atoms. The third-order valence-electron chi connectivity index (χ3n) is 12.4. The predicted molar refractivity (Wildman–Crippen MR) is 256 cm³/mol. The molecule has 13 aromatic rings. The van der Waals surface area contributed by atoms with E-state index >= 15 is 0 Å². The van der Waals surface area contributed by atoms with Crippen LogP contribution in [0.25, 0.3) is 127 Å². The van der Waals surface area contributed by atoms with E-state index in [1.54, 1.807) is 0 Å². The number of rotatable bonds is 5.